The van der Waals surface area contributed by atoms with Crippen LogP contribution in [0.5, 0.6) is 11.6 Å². The Bertz CT molecular complexity index is 1610. The number of hydrogen-bond donors (Lipinski definition) is 2. The molecular formula is C27H24F3N5O4S. The van der Waals surface area contributed by atoms with Crippen LogP contribution in [0.1, 0.15) is 51.3 Å². The molecule has 0 aliphatic carbocycles. The number of nitrogens with zero attached hydrogens (tertiary/aromatic N) is 4. The Kier molecular flexibility index (Phi) is 8.05. The summed E-state index contributed by atoms with van der Waals surface area (Å²) in [7, 11) is 0. The van der Waals surface area contributed by atoms with E-state index in [1.54, 1.807) is 38.1 Å². The van der Waals surface area contributed by atoms with Gasteiger partial charge in [-0.2, -0.15) is 18.3 Å². The van der Waals surface area contributed by atoms with Crippen molar-refractivity contribution in [1.82, 2.24) is 14.8 Å². The molecule has 0 bridgehead atoms. The number of carbonyl (C=O) groups excluding carboxylic acids is 1. The summed E-state index contributed by atoms with van der Waals surface area (Å²) >= 11 is 1.03. The first-order chi connectivity index (χ1) is 18.8. The molecule has 0 aliphatic heterocycles. The first kappa shape index (κ1) is 28.5. The molecule has 4 rings (SSSR count). The third-order valence-electron chi connectivity index (χ3n) is 5.84. The number of benzene rings is 2. The van der Waals surface area contributed by atoms with Gasteiger partial charge in [0.25, 0.3) is 5.91 Å². The average molecular weight is 572 g/mol. The molecule has 0 unspecified atom stereocenters. The van der Waals surface area contributed by atoms with Crippen molar-refractivity contribution >= 4 is 28.9 Å². The Hall–Kier alpha value is -4.52. The molecule has 0 aliphatic rings. The van der Waals surface area contributed by atoms with E-state index in [4.69, 9.17) is 10.1 Å². The van der Waals surface area contributed by atoms with Gasteiger partial charge in [0.05, 0.1) is 17.8 Å². The smallest absolute Gasteiger partial charge is 0.421 e. The molecule has 13 heteroatoms. The molecule has 2 N–H and O–H groups in total. The quantitative estimate of drug-likeness (QED) is 0.278. The zero-order valence-corrected chi connectivity index (χ0v) is 22.4. The van der Waals surface area contributed by atoms with E-state index in [1.165, 1.54) is 33.4 Å². The van der Waals surface area contributed by atoms with E-state index >= 15 is 0 Å². The molecule has 0 saturated carbocycles. The van der Waals surface area contributed by atoms with E-state index < -0.39 is 35.5 Å². The molecule has 4 aromatic rings. The van der Waals surface area contributed by atoms with Crippen molar-refractivity contribution in [3.63, 3.8) is 0 Å². The number of ether oxygens (including phenoxy) is 1. The van der Waals surface area contributed by atoms with Gasteiger partial charge in [-0.3, -0.25) is 10.2 Å². The largest absolute Gasteiger partial charge is 0.478 e. The topological polar surface area (TPSA) is 121 Å². The Morgan fingerprint density at radius 2 is 1.85 bits per heavy atom. The van der Waals surface area contributed by atoms with Crippen molar-refractivity contribution in [2.75, 3.05) is 4.90 Å². The van der Waals surface area contributed by atoms with E-state index in [2.05, 4.69) is 10.1 Å². The van der Waals surface area contributed by atoms with E-state index in [0.29, 0.717) is 5.56 Å². The molecule has 2 aromatic heterocycles. The number of nitrogens with one attached hydrogen (secondary N) is 1. The second kappa shape index (κ2) is 11.3. The van der Waals surface area contributed by atoms with Gasteiger partial charge < -0.3 is 14.7 Å². The van der Waals surface area contributed by atoms with Crippen LogP contribution in [0.2, 0.25) is 0 Å². The van der Waals surface area contributed by atoms with Crippen LogP contribution < -0.4 is 14.4 Å². The fourth-order valence-electron chi connectivity index (χ4n) is 3.92. The minimum Gasteiger partial charge on any atom is -0.478 e. The molecule has 40 heavy (non-hydrogen) atoms. The minimum absolute atomic E-state index is 0.0614. The molecule has 9 nitrogen and oxygen atoms in total. The van der Waals surface area contributed by atoms with Gasteiger partial charge in [0.1, 0.15) is 16.8 Å². The second-order valence-corrected chi connectivity index (χ2v) is 9.95. The van der Waals surface area contributed by atoms with Crippen molar-refractivity contribution < 1.29 is 32.6 Å². The minimum atomic E-state index is -4.83. The molecule has 0 saturated heterocycles. The average Bonchev–Trinajstić information content (AvgIpc) is 3.29. The van der Waals surface area contributed by atoms with Gasteiger partial charge in [0, 0.05) is 17.8 Å². The number of carboxylic acids is 1. The van der Waals surface area contributed by atoms with Crippen LogP contribution in [0, 0.1) is 12.3 Å². The highest BCUT2D eigenvalue weighted by Crippen LogP contribution is 2.38. The highest BCUT2D eigenvalue weighted by Gasteiger charge is 2.36. The summed E-state index contributed by atoms with van der Waals surface area (Å²) in [6.07, 6.45) is -3.66. The number of rotatable bonds is 8. The number of carbonyl (C=O) groups is 2. The third kappa shape index (κ3) is 6.20. The monoisotopic (exact) mass is 571 g/mol. The van der Waals surface area contributed by atoms with Crippen molar-refractivity contribution in [2.24, 2.45) is 0 Å². The summed E-state index contributed by atoms with van der Waals surface area (Å²) in [4.78, 5) is 30.7. The molecule has 2 aromatic carbocycles. The molecule has 0 atom stereocenters. The fourth-order valence-corrected chi connectivity index (χ4v) is 4.42. The summed E-state index contributed by atoms with van der Waals surface area (Å²) < 4.78 is 48.4. The summed E-state index contributed by atoms with van der Waals surface area (Å²) in [5, 5.41) is 21.6. The lowest BCUT2D eigenvalue weighted by Gasteiger charge is -2.28. The van der Waals surface area contributed by atoms with Crippen LogP contribution in [-0.2, 0) is 12.7 Å². The molecule has 2 heterocycles. The highest BCUT2D eigenvalue weighted by atomic mass is 32.1. The van der Waals surface area contributed by atoms with Gasteiger partial charge in [-0.15, -0.1) is 0 Å². The molecule has 0 spiro atoms. The number of pyridine rings is 1. The van der Waals surface area contributed by atoms with Gasteiger partial charge in [-0.25, -0.2) is 14.5 Å². The van der Waals surface area contributed by atoms with Gasteiger partial charge >= 0.3 is 12.1 Å². The first-order valence-electron chi connectivity index (χ1n) is 11.9. The van der Waals surface area contributed by atoms with Crippen molar-refractivity contribution in [3.05, 3.63) is 92.9 Å². The zero-order chi connectivity index (χ0) is 29.2. The Balaban J connectivity index is 1.70. The van der Waals surface area contributed by atoms with E-state index in [9.17, 15) is 27.9 Å². The fraction of sp³-hybridized carbons (Fsp3) is 0.222. The van der Waals surface area contributed by atoms with Gasteiger partial charge in [-0.1, -0.05) is 29.0 Å². The number of anilines is 1. The number of amides is 1. The van der Waals surface area contributed by atoms with E-state index in [0.717, 1.165) is 29.0 Å². The van der Waals surface area contributed by atoms with Crippen LogP contribution in [0.4, 0.5) is 18.9 Å². The van der Waals surface area contributed by atoms with Gasteiger partial charge in [-0.05, 0) is 62.7 Å². The molecule has 0 fully saturated rings. The molecule has 1 amide bonds. The van der Waals surface area contributed by atoms with E-state index in [1.807, 2.05) is 6.92 Å². The summed E-state index contributed by atoms with van der Waals surface area (Å²) in [5.41, 5.74) is 1.40. The molecule has 0 radical (unpaired) electrons. The number of carboxylic acid groups (broad SMARTS) is 1. The second-order valence-electron chi connectivity index (χ2n) is 9.12. The number of aryl methyl sites for hydroxylation is 1. The maximum absolute atomic E-state index is 13.9. The predicted octanol–water partition coefficient (Wildman–Crippen LogP) is 5.74. The van der Waals surface area contributed by atoms with Crippen LogP contribution in [-0.4, -0.2) is 37.8 Å². The number of aromatic carboxylic acids is 1. The lowest BCUT2D eigenvalue weighted by atomic mass is 10.1. The summed E-state index contributed by atoms with van der Waals surface area (Å²) in [6, 6.07) is 10.9. The zero-order valence-electron chi connectivity index (χ0n) is 21.6. The van der Waals surface area contributed by atoms with Crippen LogP contribution in [0.15, 0.2) is 60.2 Å². The lowest BCUT2D eigenvalue weighted by molar-refractivity contribution is -0.138. The highest BCUT2D eigenvalue weighted by molar-refractivity contribution is 7.06. The maximum atomic E-state index is 13.9. The molecular weight excluding hydrogens is 547 g/mol. The van der Waals surface area contributed by atoms with Crippen molar-refractivity contribution in [2.45, 2.75) is 39.5 Å². The number of halogens is 3. The predicted molar refractivity (Wildman–Crippen MR) is 141 cm³/mol. The SMILES string of the molecule is Cc1ccc(C(=O)N(c2ccc(Oc3ncc(Cn4ncsc4=N)cc3C(F)(F)F)cc2C(=O)O)C(C)C)cc1. The number of alkyl halides is 3. The normalized spacial score (nSPS) is 11.5. The number of aromatic nitrogens is 3. The van der Waals surface area contributed by atoms with Crippen LogP contribution >= 0.6 is 11.3 Å². The van der Waals surface area contributed by atoms with Gasteiger partial charge in [0.15, 0.2) is 4.80 Å². The lowest BCUT2D eigenvalue weighted by Crippen LogP contribution is -2.38. The standard InChI is InChI=1S/C27H24F3N5O4S/c1-15(2)35(24(36)18-6-4-16(3)5-7-18)22-9-8-19(11-20(22)25(37)38)39-23-21(27(28,29)30)10-17(12-32-23)13-34-26(31)40-14-33-34/h4-12,14-15,31H,13H2,1-3H3,(H,37,38). The third-order valence-corrected chi connectivity index (χ3v) is 6.47. The van der Waals surface area contributed by atoms with Crippen LogP contribution in [0.3, 0.4) is 0 Å². The Morgan fingerprint density at radius 1 is 1.15 bits per heavy atom. The Labute approximate surface area is 230 Å². The molecule has 208 valence electrons. The van der Waals surface area contributed by atoms with Crippen molar-refractivity contribution in [1.29, 1.82) is 5.41 Å². The number of hydrogen-bond acceptors (Lipinski definition) is 7. The van der Waals surface area contributed by atoms with Gasteiger partial charge in [0.2, 0.25) is 5.88 Å². The summed E-state index contributed by atoms with van der Waals surface area (Å²) in [6.45, 7) is 5.21. The maximum Gasteiger partial charge on any atom is 0.421 e. The summed E-state index contributed by atoms with van der Waals surface area (Å²) in [5.74, 6) is -2.81. The first-order valence-corrected chi connectivity index (χ1v) is 12.8. The van der Waals surface area contributed by atoms with Crippen molar-refractivity contribution in [3.8, 4) is 11.6 Å². The Morgan fingerprint density at radius 3 is 2.42 bits per heavy atom. The van der Waals surface area contributed by atoms with E-state index in [-0.39, 0.29) is 33.9 Å². The van der Waals surface area contributed by atoms with Crippen LogP contribution in [0.25, 0.3) is 0 Å².